The lowest BCUT2D eigenvalue weighted by Gasteiger charge is -2.37. The number of nitrogens with one attached hydrogen (secondary N) is 2. The number of hydrogen-bond donors (Lipinski definition) is 2. The SMILES string of the molecule is CC(C)CN1CCC2(CC1)NC(=O)N(CC(=O)Nc1ccc(Cl)c(Cl)c1)C2=O. The Hall–Kier alpha value is -1.83. The van der Waals surface area contributed by atoms with Crippen LogP contribution >= 0.6 is 23.2 Å². The van der Waals surface area contributed by atoms with Gasteiger partial charge in [0.2, 0.25) is 5.91 Å². The van der Waals surface area contributed by atoms with Crippen molar-refractivity contribution in [3.05, 3.63) is 28.2 Å². The first-order valence-corrected chi connectivity index (χ1v) is 10.1. The highest BCUT2D eigenvalue weighted by molar-refractivity contribution is 6.42. The molecule has 2 saturated heterocycles. The molecule has 2 aliphatic heterocycles. The summed E-state index contributed by atoms with van der Waals surface area (Å²) in [4.78, 5) is 40.9. The molecule has 7 nitrogen and oxygen atoms in total. The van der Waals surface area contributed by atoms with Crippen LogP contribution in [0.3, 0.4) is 0 Å². The molecule has 1 spiro atoms. The van der Waals surface area contributed by atoms with Gasteiger partial charge in [0.1, 0.15) is 12.1 Å². The molecule has 0 aliphatic carbocycles. The van der Waals surface area contributed by atoms with Crippen molar-refractivity contribution in [1.29, 1.82) is 0 Å². The summed E-state index contributed by atoms with van der Waals surface area (Å²) in [6.07, 6.45) is 1.10. The van der Waals surface area contributed by atoms with Gasteiger partial charge in [-0.05, 0) is 37.0 Å². The maximum Gasteiger partial charge on any atom is 0.325 e. The van der Waals surface area contributed by atoms with Gasteiger partial charge < -0.3 is 15.5 Å². The van der Waals surface area contributed by atoms with Gasteiger partial charge in [0, 0.05) is 25.3 Å². The largest absolute Gasteiger partial charge is 0.325 e. The first kappa shape index (κ1) is 20.9. The quantitative estimate of drug-likeness (QED) is 0.708. The second kappa shape index (κ2) is 8.27. The summed E-state index contributed by atoms with van der Waals surface area (Å²) in [5, 5.41) is 6.14. The molecule has 3 rings (SSSR count). The summed E-state index contributed by atoms with van der Waals surface area (Å²) < 4.78 is 0. The molecule has 2 N–H and O–H groups in total. The molecule has 0 unspecified atom stereocenters. The summed E-state index contributed by atoms with van der Waals surface area (Å²) in [5.41, 5.74) is -0.447. The van der Waals surface area contributed by atoms with Crippen LogP contribution < -0.4 is 10.6 Å². The molecule has 0 radical (unpaired) electrons. The molecule has 0 atom stereocenters. The minimum Gasteiger partial charge on any atom is -0.324 e. The number of piperidine rings is 1. The number of halogens is 2. The third-order valence-electron chi connectivity index (χ3n) is 5.08. The van der Waals surface area contributed by atoms with Gasteiger partial charge in [0.25, 0.3) is 5.91 Å². The highest BCUT2D eigenvalue weighted by atomic mass is 35.5. The number of urea groups is 1. The van der Waals surface area contributed by atoms with Crippen molar-refractivity contribution in [2.45, 2.75) is 32.2 Å². The van der Waals surface area contributed by atoms with Crippen LogP contribution in [0.4, 0.5) is 10.5 Å². The molecule has 152 valence electrons. The average molecular weight is 427 g/mol. The summed E-state index contributed by atoms with van der Waals surface area (Å²) >= 11 is 11.8. The molecular formula is C19H24Cl2N4O3. The zero-order chi connectivity index (χ0) is 20.5. The molecule has 4 amide bonds. The third-order valence-corrected chi connectivity index (χ3v) is 5.82. The molecule has 2 fully saturated rings. The van der Waals surface area contributed by atoms with E-state index in [4.69, 9.17) is 23.2 Å². The predicted octanol–water partition coefficient (Wildman–Crippen LogP) is 2.97. The molecule has 0 aromatic heterocycles. The van der Waals surface area contributed by atoms with Crippen LogP contribution in [0.1, 0.15) is 26.7 Å². The number of carbonyl (C=O) groups is 3. The molecule has 9 heteroatoms. The first-order chi connectivity index (χ1) is 13.2. The van der Waals surface area contributed by atoms with E-state index in [0.29, 0.717) is 34.5 Å². The normalized spacial score (nSPS) is 19.4. The molecule has 28 heavy (non-hydrogen) atoms. The standard InChI is InChI=1S/C19H24Cl2N4O3/c1-12(2)10-24-7-5-19(6-8-24)17(27)25(18(28)23-19)11-16(26)22-13-3-4-14(20)15(21)9-13/h3-4,9,12H,5-8,10-11H2,1-2H3,(H,22,26)(H,23,28). The molecule has 0 bridgehead atoms. The Morgan fingerprint density at radius 2 is 1.89 bits per heavy atom. The monoisotopic (exact) mass is 426 g/mol. The van der Waals surface area contributed by atoms with E-state index in [2.05, 4.69) is 29.4 Å². The Kier molecular flexibility index (Phi) is 6.17. The maximum atomic E-state index is 12.9. The fraction of sp³-hybridized carbons (Fsp3) is 0.526. The number of carbonyl (C=O) groups excluding carboxylic acids is 3. The van der Waals surface area contributed by atoms with Gasteiger partial charge in [0.15, 0.2) is 0 Å². The van der Waals surface area contributed by atoms with Gasteiger partial charge in [-0.25, -0.2) is 4.79 Å². The smallest absolute Gasteiger partial charge is 0.324 e. The van der Waals surface area contributed by atoms with Gasteiger partial charge >= 0.3 is 6.03 Å². The van der Waals surface area contributed by atoms with Gasteiger partial charge in [0.05, 0.1) is 10.0 Å². The number of likely N-dealkylation sites (tertiary alicyclic amines) is 1. The van der Waals surface area contributed by atoms with Crippen LogP contribution in [-0.4, -0.2) is 59.4 Å². The van der Waals surface area contributed by atoms with E-state index >= 15 is 0 Å². The number of amides is 4. The average Bonchev–Trinajstić information content (AvgIpc) is 2.84. The van der Waals surface area contributed by atoms with Crippen molar-refractivity contribution in [3.8, 4) is 0 Å². The topological polar surface area (TPSA) is 81.8 Å². The van der Waals surface area contributed by atoms with Gasteiger partial charge in [-0.1, -0.05) is 37.0 Å². The highest BCUT2D eigenvalue weighted by Crippen LogP contribution is 2.30. The Bertz CT molecular complexity index is 791. The van der Waals surface area contributed by atoms with Crippen molar-refractivity contribution < 1.29 is 14.4 Å². The van der Waals surface area contributed by atoms with E-state index in [1.54, 1.807) is 12.1 Å². The molecular weight excluding hydrogens is 403 g/mol. The number of nitrogens with zero attached hydrogens (tertiary/aromatic N) is 2. The third kappa shape index (κ3) is 4.42. The van der Waals surface area contributed by atoms with E-state index in [1.807, 2.05) is 0 Å². The van der Waals surface area contributed by atoms with Crippen molar-refractivity contribution >= 4 is 46.7 Å². The summed E-state index contributed by atoms with van der Waals surface area (Å²) in [5.74, 6) is -0.258. The van der Waals surface area contributed by atoms with Gasteiger partial charge in [-0.15, -0.1) is 0 Å². The molecule has 1 aromatic rings. The summed E-state index contributed by atoms with van der Waals surface area (Å²) in [7, 11) is 0. The van der Waals surface area contributed by atoms with E-state index < -0.39 is 17.5 Å². The number of rotatable bonds is 5. The number of imide groups is 1. The van der Waals surface area contributed by atoms with Crippen molar-refractivity contribution in [1.82, 2.24) is 15.1 Å². The summed E-state index contributed by atoms with van der Waals surface area (Å²) in [6, 6.07) is 4.16. The molecule has 0 saturated carbocycles. The van der Waals surface area contributed by atoms with Crippen molar-refractivity contribution in [2.75, 3.05) is 31.5 Å². The first-order valence-electron chi connectivity index (χ1n) is 9.31. The Morgan fingerprint density at radius 1 is 1.21 bits per heavy atom. The van der Waals surface area contributed by atoms with Crippen molar-refractivity contribution in [2.24, 2.45) is 5.92 Å². The van der Waals surface area contributed by atoms with Crippen LogP contribution in [0.15, 0.2) is 18.2 Å². The second-order valence-corrected chi connectivity index (χ2v) is 8.59. The lowest BCUT2D eigenvalue weighted by Crippen LogP contribution is -2.55. The summed E-state index contributed by atoms with van der Waals surface area (Å²) in [6.45, 7) is 6.42. The van der Waals surface area contributed by atoms with Crippen LogP contribution in [0.25, 0.3) is 0 Å². The van der Waals surface area contributed by atoms with Gasteiger partial charge in [-0.2, -0.15) is 0 Å². The fourth-order valence-corrected chi connectivity index (χ4v) is 4.01. The molecule has 2 heterocycles. The fourth-order valence-electron chi connectivity index (χ4n) is 3.71. The Morgan fingerprint density at radius 3 is 2.50 bits per heavy atom. The molecule has 1 aromatic carbocycles. The zero-order valence-electron chi connectivity index (χ0n) is 15.9. The Balaban J connectivity index is 1.61. The van der Waals surface area contributed by atoms with E-state index in [1.165, 1.54) is 6.07 Å². The number of anilines is 1. The minimum absolute atomic E-state index is 0.307. The van der Waals surface area contributed by atoms with Crippen LogP contribution in [0.2, 0.25) is 10.0 Å². The Labute approximate surface area is 174 Å². The second-order valence-electron chi connectivity index (χ2n) is 7.78. The highest BCUT2D eigenvalue weighted by Gasteiger charge is 2.52. The van der Waals surface area contributed by atoms with Crippen molar-refractivity contribution in [3.63, 3.8) is 0 Å². The lowest BCUT2D eigenvalue weighted by molar-refractivity contribution is -0.135. The number of benzene rings is 1. The minimum atomic E-state index is -0.894. The maximum absolute atomic E-state index is 12.9. The van der Waals surface area contributed by atoms with E-state index in [0.717, 1.165) is 24.5 Å². The lowest BCUT2D eigenvalue weighted by atomic mass is 9.87. The van der Waals surface area contributed by atoms with Gasteiger partial charge in [-0.3, -0.25) is 14.5 Å². The van der Waals surface area contributed by atoms with E-state index in [9.17, 15) is 14.4 Å². The number of hydrogen-bond acceptors (Lipinski definition) is 4. The van der Waals surface area contributed by atoms with Crippen LogP contribution in [-0.2, 0) is 9.59 Å². The zero-order valence-corrected chi connectivity index (χ0v) is 17.4. The predicted molar refractivity (Wildman–Crippen MR) is 109 cm³/mol. The van der Waals surface area contributed by atoms with Crippen LogP contribution in [0.5, 0.6) is 0 Å². The molecule has 2 aliphatic rings. The van der Waals surface area contributed by atoms with Crippen LogP contribution in [0, 0.1) is 5.92 Å². The van der Waals surface area contributed by atoms with E-state index in [-0.39, 0.29) is 12.5 Å².